The maximum absolute atomic E-state index is 9.41. The van der Waals surface area contributed by atoms with Gasteiger partial charge in [0.1, 0.15) is 17.0 Å². The quantitative estimate of drug-likeness (QED) is 0.533. The van der Waals surface area contributed by atoms with Crippen LogP contribution in [-0.4, -0.2) is 41.4 Å². The van der Waals surface area contributed by atoms with Gasteiger partial charge >= 0.3 is 0 Å². The third kappa shape index (κ3) is 3.62. The van der Waals surface area contributed by atoms with Crippen LogP contribution in [0.15, 0.2) is 48.9 Å². The van der Waals surface area contributed by atoms with Crippen molar-refractivity contribution in [2.45, 2.75) is 26.3 Å². The molecular formula is C20H21N7O. The van der Waals surface area contributed by atoms with Gasteiger partial charge in [0.05, 0.1) is 6.33 Å². The van der Waals surface area contributed by atoms with Crippen molar-refractivity contribution in [3.63, 3.8) is 0 Å². The van der Waals surface area contributed by atoms with E-state index in [1.165, 1.54) is 0 Å². The Morgan fingerprint density at radius 2 is 1.93 bits per heavy atom. The molecule has 0 atom stereocenters. The van der Waals surface area contributed by atoms with Crippen LogP contribution in [0.25, 0.3) is 22.7 Å². The highest BCUT2D eigenvalue weighted by Crippen LogP contribution is 2.25. The van der Waals surface area contributed by atoms with Gasteiger partial charge in [-0.15, -0.1) is 5.10 Å². The van der Waals surface area contributed by atoms with Crippen molar-refractivity contribution < 1.29 is 5.11 Å². The summed E-state index contributed by atoms with van der Waals surface area (Å²) in [6.07, 6.45) is 4.20. The molecule has 3 heterocycles. The molecule has 0 unspecified atom stereocenters. The predicted octanol–water partition coefficient (Wildman–Crippen LogP) is 3.22. The Kier molecular flexibility index (Phi) is 4.84. The minimum Gasteiger partial charge on any atom is -0.508 e. The molecule has 0 aliphatic carbocycles. The lowest BCUT2D eigenvalue weighted by molar-refractivity contribution is 0.475. The third-order valence-corrected chi connectivity index (χ3v) is 4.42. The molecule has 28 heavy (non-hydrogen) atoms. The lowest BCUT2D eigenvalue weighted by Crippen LogP contribution is -2.09. The van der Waals surface area contributed by atoms with E-state index in [0.29, 0.717) is 23.9 Å². The second kappa shape index (κ2) is 7.59. The van der Waals surface area contributed by atoms with Crippen LogP contribution in [-0.2, 0) is 6.42 Å². The Hall–Kier alpha value is -3.55. The molecule has 8 nitrogen and oxygen atoms in total. The van der Waals surface area contributed by atoms with Gasteiger partial charge in [-0.3, -0.25) is 0 Å². The highest BCUT2D eigenvalue weighted by atomic mass is 16.3. The Morgan fingerprint density at radius 3 is 2.64 bits per heavy atom. The Balaban J connectivity index is 1.66. The average molecular weight is 375 g/mol. The number of benzene rings is 1. The lowest BCUT2D eigenvalue weighted by atomic mass is 10.1. The normalized spacial score (nSPS) is 11.2. The fourth-order valence-electron chi connectivity index (χ4n) is 2.94. The predicted molar refractivity (Wildman–Crippen MR) is 107 cm³/mol. The summed E-state index contributed by atoms with van der Waals surface area (Å²) in [5.41, 5.74) is 3.23. The average Bonchev–Trinajstić information content (AvgIpc) is 3.14. The van der Waals surface area contributed by atoms with Crippen LogP contribution in [0.5, 0.6) is 5.75 Å². The monoisotopic (exact) mass is 375 g/mol. The minimum absolute atomic E-state index is 0.222. The molecular weight excluding hydrogens is 354 g/mol. The molecule has 4 rings (SSSR count). The molecule has 4 aromatic rings. The molecule has 0 spiro atoms. The lowest BCUT2D eigenvalue weighted by Gasteiger charge is -2.11. The summed E-state index contributed by atoms with van der Waals surface area (Å²) >= 11 is 0. The maximum atomic E-state index is 9.41. The van der Waals surface area contributed by atoms with Crippen molar-refractivity contribution in [1.82, 2.24) is 29.7 Å². The second-order valence-corrected chi connectivity index (χ2v) is 6.77. The van der Waals surface area contributed by atoms with Crippen molar-refractivity contribution in [3.8, 4) is 17.3 Å². The largest absolute Gasteiger partial charge is 0.508 e. The smallest absolute Gasteiger partial charge is 0.184 e. The maximum Gasteiger partial charge on any atom is 0.184 e. The zero-order valence-electron chi connectivity index (χ0n) is 15.7. The second-order valence-electron chi connectivity index (χ2n) is 6.77. The van der Waals surface area contributed by atoms with Crippen molar-refractivity contribution in [3.05, 3.63) is 54.5 Å². The molecule has 142 valence electrons. The van der Waals surface area contributed by atoms with Gasteiger partial charge < -0.3 is 15.0 Å². The van der Waals surface area contributed by atoms with Gasteiger partial charge in [0.25, 0.3) is 0 Å². The number of imidazole rings is 1. The number of phenolic OH excluding ortho intramolecular Hbond substituents is 1. The number of nitrogens with one attached hydrogen (secondary N) is 1. The van der Waals surface area contributed by atoms with Gasteiger partial charge in [0, 0.05) is 18.8 Å². The Morgan fingerprint density at radius 1 is 1.11 bits per heavy atom. The van der Waals surface area contributed by atoms with Gasteiger partial charge in [-0.25, -0.2) is 15.0 Å². The van der Waals surface area contributed by atoms with E-state index in [2.05, 4.69) is 44.3 Å². The van der Waals surface area contributed by atoms with Crippen LogP contribution in [0.2, 0.25) is 0 Å². The molecule has 3 aromatic heterocycles. The summed E-state index contributed by atoms with van der Waals surface area (Å²) in [7, 11) is 0. The zero-order chi connectivity index (χ0) is 19.5. The number of fused-ring (bicyclic) bond motifs is 1. The molecule has 0 aliphatic heterocycles. The molecule has 8 heteroatoms. The van der Waals surface area contributed by atoms with Crippen molar-refractivity contribution >= 4 is 17.0 Å². The minimum atomic E-state index is 0.222. The standard InChI is InChI=1S/C20H21N7O/c1-13(2)27-12-22-17-19(21-11-9-14-5-7-15(28)8-6-14)24-18(25-20(17)27)16-4-3-10-23-26-16/h3-8,10,12-13,28H,9,11H2,1-2H3,(H,21,24,25). The molecule has 0 fully saturated rings. The molecule has 0 amide bonds. The summed E-state index contributed by atoms with van der Waals surface area (Å²) in [4.78, 5) is 13.8. The van der Waals surface area contributed by atoms with Crippen LogP contribution in [0.4, 0.5) is 5.82 Å². The molecule has 0 bridgehead atoms. The summed E-state index contributed by atoms with van der Waals surface area (Å²) in [5, 5.41) is 20.9. The van der Waals surface area contributed by atoms with Crippen LogP contribution in [0, 0.1) is 0 Å². The number of anilines is 1. The van der Waals surface area contributed by atoms with Gasteiger partial charge in [-0.05, 0) is 50.1 Å². The van der Waals surface area contributed by atoms with E-state index in [4.69, 9.17) is 0 Å². The highest BCUT2D eigenvalue weighted by molar-refractivity contribution is 5.85. The first-order valence-electron chi connectivity index (χ1n) is 9.16. The van der Waals surface area contributed by atoms with Crippen molar-refractivity contribution in [1.29, 1.82) is 0 Å². The van der Waals surface area contributed by atoms with E-state index >= 15 is 0 Å². The van der Waals surface area contributed by atoms with E-state index in [1.54, 1.807) is 24.7 Å². The van der Waals surface area contributed by atoms with E-state index in [-0.39, 0.29) is 11.8 Å². The molecule has 0 saturated carbocycles. The summed E-state index contributed by atoms with van der Waals surface area (Å²) in [6.45, 7) is 4.84. The van der Waals surface area contributed by atoms with Crippen LogP contribution >= 0.6 is 0 Å². The van der Waals surface area contributed by atoms with Crippen molar-refractivity contribution in [2.24, 2.45) is 0 Å². The first-order chi connectivity index (χ1) is 13.6. The van der Waals surface area contributed by atoms with Crippen LogP contribution in [0.3, 0.4) is 0 Å². The Labute approximate surface area is 162 Å². The SMILES string of the molecule is CC(C)n1cnc2c(NCCc3ccc(O)cc3)nc(-c3cccnn3)nc21. The highest BCUT2D eigenvalue weighted by Gasteiger charge is 2.16. The number of aromatic hydroxyl groups is 1. The summed E-state index contributed by atoms with van der Waals surface area (Å²) in [6, 6.07) is 11.1. The first-order valence-corrected chi connectivity index (χ1v) is 9.16. The van der Waals surface area contributed by atoms with Crippen molar-refractivity contribution in [2.75, 3.05) is 11.9 Å². The summed E-state index contributed by atoms with van der Waals surface area (Å²) < 4.78 is 2.02. The number of hydrogen-bond donors (Lipinski definition) is 2. The van der Waals surface area contributed by atoms with E-state index in [9.17, 15) is 5.11 Å². The summed E-state index contributed by atoms with van der Waals surface area (Å²) in [5.74, 6) is 1.45. The molecule has 0 saturated heterocycles. The van der Waals surface area contributed by atoms with Gasteiger partial charge in [0.15, 0.2) is 17.3 Å². The number of rotatable bonds is 6. The van der Waals surface area contributed by atoms with Gasteiger partial charge in [-0.2, -0.15) is 5.10 Å². The van der Waals surface area contributed by atoms with E-state index in [1.807, 2.05) is 28.8 Å². The van der Waals surface area contributed by atoms with Crippen LogP contribution < -0.4 is 5.32 Å². The zero-order valence-corrected chi connectivity index (χ0v) is 15.7. The van der Waals surface area contributed by atoms with Gasteiger partial charge in [0.2, 0.25) is 0 Å². The number of phenols is 1. The van der Waals surface area contributed by atoms with E-state index in [0.717, 1.165) is 23.1 Å². The third-order valence-electron chi connectivity index (χ3n) is 4.42. The fourth-order valence-corrected chi connectivity index (χ4v) is 2.94. The Bertz CT molecular complexity index is 1080. The number of aromatic nitrogens is 6. The topological polar surface area (TPSA) is 102 Å². The van der Waals surface area contributed by atoms with Gasteiger partial charge in [-0.1, -0.05) is 12.1 Å². The van der Waals surface area contributed by atoms with E-state index < -0.39 is 0 Å². The molecule has 0 radical (unpaired) electrons. The number of nitrogens with zero attached hydrogens (tertiary/aromatic N) is 6. The van der Waals surface area contributed by atoms with Crippen LogP contribution in [0.1, 0.15) is 25.5 Å². The fraction of sp³-hybridized carbons (Fsp3) is 0.250. The molecule has 1 aromatic carbocycles. The molecule has 0 aliphatic rings. The number of hydrogen-bond acceptors (Lipinski definition) is 7. The first kappa shape index (κ1) is 17.8. The molecule has 2 N–H and O–H groups in total.